The summed E-state index contributed by atoms with van der Waals surface area (Å²) in [4.78, 5) is 9.89. The van der Waals surface area contributed by atoms with Gasteiger partial charge in [-0.25, -0.2) is 17.5 Å². The van der Waals surface area contributed by atoms with E-state index >= 15 is 0 Å². The Morgan fingerprint density at radius 1 is 1.38 bits per heavy atom. The Kier molecular flexibility index (Phi) is 4.21. The van der Waals surface area contributed by atoms with Gasteiger partial charge < -0.3 is 5.73 Å². The molecule has 1 aromatic carbocycles. The van der Waals surface area contributed by atoms with Gasteiger partial charge in [-0.2, -0.15) is 0 Å². The van der Waals surface area contributed by atoms with Crippen LogP contribution in [0.4, 0.5) is 15.1 Å². The normalized spacial score (nSPS) is 11.5. The van der Waals surface area contributed by atoms with Gasteiger partial charge in [-0.05, 0) is 6.07 Å². The molecule has 0 saturated heterocycles. The van der Waals surface area contributed by atoms with Crippen molar-refractivity contribution in [3.05, 3.63) is 51.8 Å². The molecule has 7 nitrogen and oxygen atoms in total. The minimum Gasteiger partial charge on any atom is -0.385 e. The van der Waals surface area contributed by atoms with Gasteiger partial charge in [0.05, 0.1) is 4.92 Å². The van der Waals surface area contributed by atoms with Crippen LogP contribution in [0.3, 0.4) is 0 Å². The fraction of sp³-hybridized carbons (Fsp3) is 0.0909. The molecule has 0 bridgehead atoms. The molecule has 2 rings (SSSR count). The van der Waals surface area contributed by atoms with Crippen molar-refractivity contribution in [2.24, 2.45) is 0 Å². The topological polar surface area (TPSA) is 115 Å². The molecule has 3 N–H and O–H groups in total. The predicted molar refractivity (Wildman–Crippen MR) is 75.8 cm³/mol. The number of hydrogen-bond donors (Lipinski definition) is 2. The summed E-state index contributed by atoms with van der Waals surface area (Å²) < 4.78 is 39.3. The van der Waals surface area contributed by atoms with E-state index in [0.29, 0.717) is 11.3 Å². The Morgan fingerprint density at radius 2 is 2.05 bits per heavy atom. The van der Waals surface area contributed by atoms with E-state index in [1.54, 1.807) is 6.07 Å². The highest BCUT2D eigenvalue weighted by atomic mass is 32.2. The van der Waals surface area contributed by atoms with Gasteiger partial charge >= 0.3 is 5.69 Å². The number of sulfonamides is 1. The average Bonchev–Trinajstić information content (AvgIpc) is 2.81. The maximum atomic E-state index is 13.4. The minimum atomic E-state index is -3.99. The summed E-state index contributed by atoms with van der Waals surface area (Å²) in [7, 11) is -3.99. The first-order valence-electron chi connectivity index (χ1n) is 5.58. The second-order valence-corrected chi connectivity index (χ2v) is 7.07. The molecular formula is C11H10FN3O4S2. The van der Waals surface area contributed by atoms with E-state index in [0.717, 1.165) is 6.07 Å². The monoisotopic (exact) mass is 331 g/mol. The van der Waals surface area contributed by atoms with Crippen molar-refractivity contribution in [1.82, 2.24) is 4.72 Å². The molecule has 1 aromatic heterocycles. The smallest absolute Gasteiger partial charge is 0.304 e. The number of rotatable bonds is 5. The standard InChI is InChI=1S/C11H10FN3O4S2/c12-8-4-2-1-3-7(8)6-14-21(18,19)10-5-9(15(16)17)11(13)20-10/h1-5,14H,6,13H2. The van der Waals surface area contributed by atoms with Gasteiger partial charge in [-0.15, -0.1) is 0 Å². The minimum absolute atomic E-state index is 0.167. The number of thiophene rings is 1. The molecule has 0 aliphatic heterocycles. The molecule has 0 spiro atoms. The van der Waals surface area contributed by atoms with E-state index in [1.165, 1.54) is 18.2 Å². The van der Waals surface area contributed by atoms with E-state index in [2.05, 4.69) is 4.72 Å². The number of nitrogens with zero attached hydrogens (tertiary/aromatic N) is 1. The second kappa shape index (κ2) is 5.76. The number of anilines is 1. The van der Waals surface area contributed by atoms with Crippen LogP contribution >= 0.6 is 11.3 Å². The van der Waals surface area contributed by atoms with Gasteiger partial charge in [0.25, 0.3) is 10.0 Å². The summed E-state index contributed by atoms with van der Waals surface area (Å²) in [6.07, 6.45) is 0. The molecule has 0 amide bonds. The molecule has 0 atom stereocenters. The van der Waals surface area contributed by atoms with Crippen molar-refractivity contribution < 1.29 is 17.7 Å². The summed E-state index contributed by atoms with van der Waals surface area (Å²) in [5.41, 5.74) is 5.10. The molecule has 0 fully saturated rings. The maximum Gasteiger partial charge on any atom is 0.304 e. The average molecular weight is 331 g/mol. The first kappa shape index (κ1) is 15.4. The molecule has 0 unspecified atom stereocenters. The Bertz CT molecular complexity index is 789. The van der Waals surface area contributed by atoms with Crippen LogP contribution in [0.1, 0.15) is 5.56 Å². The van der Waals surface area contributed by atoms with Crippen LogP contribution in [-0.4, -0.2) is 13.3 Å². The van der Waals surface area contributed by atoms with E-state index in [1.807, 2.05) is 0 Å². The van der Waals surface area contributed by atoms with Gasteiger partial charge in [0, 0.05) is 18.2 Å². The highest BCUT2D eigenvalue weighted by molar-refractivity contribution is 7.91. The molecule has 2 aromatic rings. The van der Waals surface area contributed by atoms with Crippen molar-refractivity contribution in [1.29, 1.82) is 0 Å². The molecule has 0 aliphatic rings. The zero-order valence-corrected chi connectivity index (χ0v) is 12.1. The summed E-state index contributed by atoms with van der Waals surface area (Å²) in [6, 6.07) is 6.57. The second-order valence-electron chi connectivity index (χ2n) is 3.99. The van der Waals surface area contributed by atoms with Gasteiger partial charge in [-0.3, -0.25) is 10.1 Å². The Labute approximate surface area is 123 Å². The quantitative estimate of drug-likeness (QED) is 0.641. The number of hydrogen-bond acceptors (Lipinski definition) is 6. The van der Waals surface area contributed by atoms with Crippen LogP contribution < -0.4 is 10.5 Å². The molecular weight excluding hydrogens is 321 g/mol. The lowest BCUT2D eigenvalue weighted by atomic mass is 10.2. The van der Waals surface area contributed by atoms with Gasteiger partial charge in [0.2, 0.25) is 0 Å². The Balaban J connectivity index is 2.21. The number of nitrogen functional groups attached to an aromatic ring is 1. The number of benzene rings is 1. The third-order valence-electron chi connectivity index (χ3n) is 2.59. The zero-order valence-electron chi connectivity index (χ0n) is 10.4. The molecule has 21 heavy (non-hydrogen) atoms. The van der Waals surface area contributed by atoms with Crippen LogP contribution in [0.25, 0.3) is 0 Å². The van der Waals surface area contributed by atoms with Crippen LogP contribution in [0.15, 0.2) is 34.5 Å². The van der Waals surface area contributed by atoms with Crippen molar-refractivity contribution in [3.63, 3.8) is 0 Å². The van der Waals surface area contributed by atoms with Crippen molar-refractivity contribution in [2.75, 3.05) is 5.73 Å². The summed E-state index contributed by atoms with van der Waals surface area (Å²) >= 11 is 0.581. The SMILES string of the molecule is Nc1sc(S(=O)(=O)NCc2ccccc2F)cc1[N+](=O)[O-]. The first-order chi connectivity index (χ1) is 9.81. The van der Waals surface area contributed by atoms with E-state index < -0.39 is 26.5 Å². The molecule has 10 heteroatoms. The molecule has 0 radical (unpaired) electrons. The summed E-state index contributed by atoms with van der Waals surface area (Å²) in [5.74, 6) is -0.545. The lowest BCUT2D eigenvalue weighted by Gasteiger charge is -2.05. The Hall–Kier alpha value is -2.04. The number of nitrogens with one attached hydrogen (secondary N) is 1. The number of nitro groups is 1. The third-order valence-corrected chi connectivity index (χ3v) is 5.42. The fourth-order valence-electron chi connectivity index (χ4n) is 1.53. The van der Waals surface area contributed by atoms with E-state index in [4.69, 9.17) is 5.73 Å². The summed E-state index contributed by atoms with van der Waals surface area (Å²) in [5, 5.41) is 10.5. The zero-order chi connectivity index (χ0) is 15.6. The molecule has 112 valence electrons. The third kappa shape index (κ3) is 3.35. The van der Waals surface area contributed by atoms with Crippen molar-refractivity contribution in [2.45, 2.75) is 10.8 Å². The molecule has 0 aliphatic carbocycles. The Morgan fingerprint density at radius 3 is 2.62 bits per heavy atom. The highest BCUT2D eigenvalue weighted by Gasteiger charge is 2.24. The summed E-state index contributed by atoms with van der Waals surface area (Å²) in [6.45, 7) is -0.263. The molecule has 0 saturated carbocycles. The molecule has 1 heterocycles. The lowest BCUT2D eigenvalue weighted by molar-refractivity contribution is -0.383. The first-order valence-corrected chi connectivity index (χ1v) is 7.88. The largest absolute Gasteiger partial charge is 0.385 e. The van der Waals surface area contributed by atoms with Crippen LogP contribution in [-0.2, 0) is 16.6 Å². The fourth-order valence-corrected chi connectivity index (χ4v) is 3.80. The van der Waals surface area contributed by atoms with Gasteiger partial charge in [-0.1, -0.05) is 29.5 Å². The number of halogens is 1. The van der Waals surface area contributed by atoms with Crippen molar-refractivity contribution >= 4 is 32.0 Å². The maximum absolute atomic E-state index is 13.4. The highest BCUT2D eigenvalue weighted by Crippen LogP contribution is 2.34. The van der Waals surface area contributed by atoms with E-state index in [9.17, 15) is 22.9 Å². The van der Waals surface area contributed by atoms with Crippen LogP contribution in [0, 0.1) is 15.9 Å². The van der Waals surface area contributed by atoms with Crippen LogP contribution in [0.2, 0.25) is 0 Å². The van der Waals surface area contributed by atoms with Gasteiger partial charge in [0.15, 0.2) is 5.00 Å². The number of nitrogens with two attached hydrogens (primary N) is 1. The van der Waals surface area contributed by atoms with E-state index in [-0.39, 0.29) is 21.3 Å². The van der Waals surface area contributed by atoms with Gasteiger partial charge in [0.1, 0.15) is 10.0 Å². The predicted octanol–water partition coefficient (Wildman–Crippen LogP) is 1.86. The van der Waals surface area contributed by atoms with Crippen LogP contribution in [0.5, 0.6) is 0 Å². The lowest BCUT2D eigenvalue weighted by Crippen LogP contribution is -2.22. The van der Waals surface area contributed by atoms with Crippen molar-refractivity contribution in [3.8, 4) is 0 Å².